The van der Waals surface area contributed by atoms with Crippen LogP contribution >= 0.6 is 0 Å². The average Bonchev–Trinajstić information content (AvgIpc) is 2.70. The highest BCUT2D eigenvalue weighted by molar-refractivity contribution is 5.94. The van der Waals surface area contributed by atoms with Gasteiger partial charge in [0, 0.05) is 39.3 Å². The van der Waals surface area contributed by atoms with Crippen molar-refractivity contribution in [1.29, 1.82) is 0 Å². The van der Waals surface area contributed by atoms with Crippen molar-refractivity contribution in [3.63, 3.8) is 0 Å². The van der Waals surface area contributed by atoms with Crippen molar-refractivity contribution in [2.45, 2.75) is 6.42 Å². The summed E-state index contributed by atoms with van der Waals surface area (Å²) >= 11 is 0. The van der Waals surface area contributed by atoms with E-state index < -0.39 is 11.6 Å². The molecule has 0 aliphatic rings. The molecule has 0 radical (unpaired) electrons. The summed E-state index contributed by atoms with van der Waals surface area (Å²) < 4.78 is 31.7. The highest BCUT2D eigenvalue weighted by Gasteiger charge is 2.08. The molecule has 0 atom stereocenters. The van der Waals surface area contributed by atoms with Crippen LogP contribution in [0.5, 0.6) is 5.75 Å². The molecular formula is C21H26F2N4O2. The Morgan fingerprint density at radius 1 is 1.10 bits per heavy atom. The number of rotatable bonds is 8. The van der Waals surface area contributed by atoms with Crippen LogP contribution in [0.15, 0.2) is 47.5 Å². The average molecular weight is 404 g/mol. The fraction of sp³-hybridized carbons (Fsp3) is 0.333. The standard InChI is InChI=1S/C21H26F2N4O2/c1-24-21(26-11-12-29-19-8-7-17(22)14-18(19)23)25-10-9-15-5-4-6-16(13-15)20(28)27(2)3/h4-8,13-14H,9-12H2,1-3H3,(H2,24,25,26). The summed E-state index contributed by atoms with van der Waals surface area (Å²) in [6.45, 7) is 1.20. The van der Waals surface area contributed by atoms with Gasteiger partial charge in [0.25, 0.3) is 5.91 Å². The SMILES string of the molecule is CN=C(NCCOc1ccc(F)cc1F)NCCc1cccc(C(=O)N(C)C)c1. The lowest BCUT2D eigenvalue weighted by Crippen LogP contribution is -2.40. The second-order valence-electron chi connectivity index (χ2n) is 6.50. The largest absolute Gasteiger partial charge is 0.489 e. The molecule has 0 saturated heterocycles. The first-order valence-electron chi connectivity index (χ1n) is 9.23. The molecule has 6 nitrogen and oxygen atoms in total. The highest BCUT2D eigenvalue weighted by Crippen LogP contribution is 2.17. The van der Waals surface area contributed by atoms with Crippen LogP contribution in [-0.2, 0) is 6.42 Å². The number of carbonyl (C=O) groups excluding carboxylic acids is 1. The summed E-state index contributed by atoms with van der Waals surface area (Å²) in [5, 5.41) is 6.23. The maximum atomic E-state index is 13.5. The summed E-state index contributed by atoms with van der Waals surface area (Å²) in [5.74, 6) is -0.830. The number of guanidine groups is 1. The van der Waals surface area contributed by atoms with E-state index in [0.717, 1.165) is 17.7 Å². The Balaban J connectivity index is 1.74. The Labute approximate surface area is 169 Å². The maximum Gasteiger partial charge on any atom is 0.253 e. The van der Waals surface area contributed by atoms with Crippen molar-refractivity contribution in [3.8, 4) is 5.75 Å². The molecule has 0 aliphatic heterocycles. The molecule has 0 spiro atoms. The zero-order valence-corrected chi connectivity index (χ0v) is 16.8. The van der Waals surface area contributed by atoms with E-state index in [1.807, 2.05) is 18.2 Å². The summed E-state index contributed by atoms with van der Waals surface area (Å²) in [5.41, 5.74) is 1.69. The molecule has 0 fully saturated rings. The summed E-state index contributed by atoms with van der Waals surface area (Å²) in [6.07, 6.45) is 0.715. The first-order valence-corrected chi connectivity index (χ1v) is 9.23. The van der Waals surface area contributed by atoms with Gasteiger partial charge >= 0.3 is 0 Å². The molecule has 2 N–H and O–H groups in total. The number of halogens is 2. The molecule has 1 amide bonds. The Bertz CT molecular complexity index is 856. The number of amides is 1. The number of nitrogens with one attached hydrogen (secondary N) is 2. The summed E-state index contributed by atoms with van der Waals surface area (Å²) in [4.78, 5) is 17.7. The molecule has 156 valence electrons. The minimum absolute atomic E-state index is 0.00306. The fourth-order valence-electron chi connectivity index (χ4n) is 2.59. The van der Waals surface area contributed by atoms with E-state index in [2.05, 4.69) is 15.6 Å². The van der Waals surface area contributed by atoms with Crippen molar-refractivity contribution in [3.05, 3.63) is 65.2 Å². The van der Waals surface area contributed by atoms with Gasteiger partial charge in [-0.05, 0) is 36.2 Å². The molecule has 2 rings (SSSR count). The first kappa shape index (κ1) is 22.1. The van der Waals surface area contributed by atoms with Crippen molar-refractivity contribution in [1.82, 2.24) is 15.5 Å². The third-order valence-corrected chi connectivity index (χ3v) is 4.06. The van der Waals surface area contributed by atoms with Gasteiger partial charge in [-0.2, -0.15) is 0 Å². The monoisotopic (exact) mass is 404 g/mol. The molecule has 0 heterocycles. The normalized spacial score (nSPS) is 11.1. The molecule has 0 bridgehead atoms. The van der Waals surface area contributed by atoms with Crippen LogP contribution in [0.2, 0.25) is 0 Å². The topological polar surface area (TPSA) is 66.0 Å². The van der Waals surface area contributed by atoms with Gasteiger partial charge in [0.2, 0.25) is 0 Å². The van der Waals surface area contributed by atoms with Gasteiger partial charge < -0.3 is 20.3 Å². The lowest BCUT2D eigenvalue weighted by Gasteiger charge is -2.13. The number of ether oxygens (including phenoxy) is 1. The summed E-state index contributed by atoms with van der Waals surface area (Å²) in [7, 11) is 5.09. The number of aliphatic imine (C=N–C) groups is 1. The smallest absolute Gasteiger partial charge is 0.253 e. The van der Waals surface area contributed by atoms with E-state index in [-0.39, 0.29) is 18.3 Å². The van der Waals surface area contributed by atoms with Crippen LogP contribution in [0.1, 0.15) is 15.9 Å². The van der Waals surface area contributed by atoms with Crippen molar-refractivity contribution < 1.29 is 18.3 Å². The summed E-state index contributed by atoms with van der Waals surface area (Å²) in [6, 6.07) is 10.7. The van der Waals surface area contributed by atoms with Gasteiger partial charge in [0.1, 0.15) is 12.4 Å². The quantitative estimate of drug-likeness (QED) is 0.403. The van der Waals surface area contributed by atoms with Crippen LogP contribution in [0.4, 0.5) is 8.78 Å². The molecular weight excluding hydrogens is 378 g/mol. The van der Waals surface area contributed by atoms with Crippen molar-refractivity contribution in [2.75, 3.05) is 40.8 Å². The van der Waals surface area contributed by atoms with Crippen molar-refractivity contribution in [2.24, 2.45) is 4.99 Å². The maximum absolute atomic E-state index is 13.5. The van der Waals surface area contributed by atoms with Crippen LogP contribution in [0, 0.1) is 11.6 Å². The van der Waals surface area contributed by atoms with Crippen LogP contribution in [-0.4, -0.2) is 57.6 Å². The minimum Gasteiger partial charge on any atom is -0.489 e. The fourth-order valence-corrected chi connectivity index (χ4v) is 2.59. The third kappa shape index (κ3) is 7.06. The highest BCUT2D eigenvalue weighted by atomic mass is 19.1. The Morgan fingerprint density at radius 2 is 1.86 bits per heavy atom. The van der Waals surface area contributed by atoms with E-state index in [1.165, 1.54) is 6.07 Å². The molecule has 29 heavy (non-hydrogen) atoms. The number of carbonyl (C=O) groups is 1. The van der Waals surface area contributed by atoms with Gasteiger partial charge in [-0.3, -0.25) is 9.79 Å². The Hall–Kier alpha value is -3.16. The Kier molecular flexibility index (Phi) is 8.39. The molecule has 8 heteroatoms. The molecule has 2 aromatic rings. The second kappa shape index (κ2) is 11.0. The minimum atomic E-state index is -0.734. The molecule has 0 saturated carbocycles. The lowest BCUT2D eigenvalue weighted by atomic mass is 10.1. The molecule has 0 aliphatic carbocycles. The second-order valence-corrected chi connectivity index (χ2v) is 6.50. The number of nitrogens with zero attached hydrogens (tertiary/aromatic N) is 2. The molecule has 0 aromatic heterocycles. The predicted octanol–water partition coefficient (Wildman–Crippen LogP) is 2.45. The number of hydrogen-bond acceptors (Lipinski definition) is 3. The van der Waals surface area contributed by atoms with E-state index in [1.54, 1.807) is 32.1 Å². The van der Waals surface area contributed by atoms with Gasteiger partial charge in [-0.1, -0.05) is 12.1 Å². The van der Waals surface area contributed by atoms with Gasteiger partial charge in [-0.15, -0.1) is 0 Å². The lowest BCUT2D eigenvalue weighted by molar-refractivity contribution is 0.0827. The van der Waals surface area contributed by atoms with E-state index in [0.29, 0.717) is 31.0 Å². The molecule has 2 aromatic carbocycles. The zero-order valence-electron chi connectivity index (χ0n) is 16.8. The zero-order chi connectivity index (χ0) is 21.2. The van der Waals surface area contributed by atoms with E-state index in [4.69, 9.17) is 4.74 Å². The van der Waals surface area contributed by atoms with Crippen molar-refractivity contribution >= 4 is 11.9 Å². The van der Waals surface area contributed by atoms with Gasteiger partial charge in [-0.25, -0.2) is 8.78 Å². The molecule has 0 unspecified atom stereocenters. The van der Waals surface area contributed by atoms with E-state index in [9.17, 15) is 13.6 Å². The van der Waals surface area contributed by atoms with Crippen LogP contribution < -0.4 is 15.4 Å². The number of benzene rings is 2. The predicted molar refractivity (Wildman–Crippen MR) is 109 cm³/mol. The van der Waals surface area contributed by atoms with Gasteiger partial charge in [0.05, 0.1) is 6.54 Å². The first-order chi connectivity index (χ1) is 13.9. The van der Waals surface area contributed by atoms with Gasteiger partial charge in [0.15, 0.2) is 17.5 Å². The Morgan fingerprint density at radius 3 is 2.55 bits per heavy atom. The third-order valence-electron chi connectivity index (χ3n) is 4.06. The number of hydrogen-bond donors (Lipinski definition) is 2. The van der Waals surface area contributed by atoms with Crippen LogP contribution in [0.3, 0.4) is 0 Å². The van der Waals surface area contributed by atoms with Crippen LogP contribution in [0.25, 0.3) is 0 Å². The van der Waals surface area contributed by atoms with E-state index >= 15 is 0 Å².